The third-order valence-electron chi connectivity index (χ3n) is 11.5. The molecule has 4 aliphatic rings. The molecule has 0 saturated carbocycles. The number of carbonyl (C=O) groups excluding carboxylic acids is 4. The Hall–Kier alpha value is -5.56. The fourth-order valence-electron chi connectivity index (χ4n) is 8.84. The van der Waals surface area contributed by atoms with Crippen molar-refractivity contribution in [2.24, 2.45) is 11.8 Å². The molecule has 1 spiro atoms. The third-order valence-corrected chi connectivity index (χ3v) is 11.8. The van der Waals surface area contributed by atoms with E-state index in [2.05, 4.69) is 5.32 Å². The van der Waals surface area contributed by atoms with Crippen LogP contribution in [0.1, 0.15) is 63.9 Å². The Balaban J connectivity index is 1.11. The second kappa shape index (κ2) is 13.6. The second-order valence-corrected chi connectivity index (χ2v) is 15.1. The van der Waals surface area contributed by atoms with Crippen LogP contribution in [-0.4, -0.2) is 78.9 Å². The van der Waals surface area contributed by atoms with E-state index in [9.17, 15) is 24.0 Å². The highest BCUT2D eigenvalue weighted by molar-refractivity contribution is 6.36. The third kappa shape index (κ3) is 5.70. The van der Waals surface area contributed by atoms with Gasteiger partial charge in [0, 0.05) is 66.8 Å². The molecule has 5 heterocycles. The molecule has 0 radical (unpaired) electrons. The number of furan rings is 1. The molecule has 5 atom stereocenters. The number of benzene rings is 2. The summed E-state index contributed by atoms with van der Waals surface area (Å²) in [6.45, 7) is 4.80. The Morgan fingerprint density at radius 1 is 0.964 bits per heavy atom. The summed E-state index contributed by atoms with van der Waals surface area (Å²) in [5.41, 5.74) is -0.223. The number of carbonyl (C=O) groups is 4. The number of aromatic nitrogens is 1. The maximum atomic E-state index is 14.9. The van der Waals surface area contributed by atoms with E-state index in [1.165, 1.54) is 20.3 Å². The minimum absolute atomic E-state index is 0.0149. The Morgan fingerprint density at radius 3 is 2.40 bits per heavy atom. The smallest absolute Gasteiger partial charge is 0.250 e. The average molecular weight is 770 g/mol. The molecule has 13 nitrogen and oxygen atoms in total. The van der Waals surface area contributed by atoms with Crippen molar-refractivity contribution >= 4 is 35.0 Å². The number of hydrogen-bond donors (Lipinski definition) is 1. The van der Waals surface area contributed by atoms with E-state index >= 15 is 0 Å². The number of amides is 2. The zero-order chi connectivity index (χ0) is 38.9. The van der Waals surface area contributed by atoms with E-state index in [0.29, 0.717) is 36.7 Å². The molecular formula is C41H40ClN3O10. The quantitative estimate of drug-likeness (QED) is 0.246. The van der Waals surface area contributed by atoms with Crippen molar-refractivity contribution in [3.05, 3.63) is 92.1 Å². The second-order valence-electron chi connectivity index (χ2n) is 14.7. The number of nitrogens with one attached hydrogen (secondary N) is 1. The van der Waals surface area contributed by atoms with Crippen molar-refractivity contribution in [3.63, 3.8) is 0 Å². The van der Waals surface area contributed by atoms with Crippen LogP contribution in [0.5, 0.6) is 23.0 Å². The lowest BCUT2D eigenvalue weighted by atomic mass is 9.70. The highest BCUT2D eigenvalue weighted by Gasteiger charge is 2.63. The SMILES string of the molecule is COc1ccc(-c2oc3c(c2CC(=O)N[C@@H](C)C(=O)N2C[C@H]4C[C@@H](C2)c2cccc(=O)n2C4)C(=O)[C@@]2(Oc4c(Cl)c(OC)cc(OC)c4C2=O)[C@H](C)C3)cc1. The van der Waals surface area contributed by atoms with E-state index in [4.69, 9.17) is 35.0 Å². The number of rotatable bonds is 8. The Morgan fingerprint density at radius 2 is 1.69 bits per heavy atom. The van der Waals surface area contributed by atoms with Gasteiger partial charge in [-0.1, -0.05) is 24.6 Å². The predicted molar refractivity (Wildman–Crippen MR) is 200 cm³/mol. The van der Waals surface area contributed by atoms with Crippen molar-refractivity contribution in [2.75, 3.05) is 34.4 Å². The number of hydrogen-bond acceptors (Lipinski definition) is 10. The predicted octanol–water partition coefficient (Wildman–Crippen LogP) is 4.87. The van der Waals surface area contributed by atoms with Gasteiger partial charge in [-0.15, -0.1) is 0 Å². The maximum Gasteiger partial charge on any atom is 0.250 e. The van der Waals surface area contributed by atoms with Gasteiger partial charge in [0.25, 0.3) is 5.56 Å². The van der Waals surface area contributed by atoms with Gasteiger partial charge in [0.05, 0.1) is 33.3 Å². The topological polar surface area (TPSA) is 156 Å². The summed E-state index contributed by atoms with van der Waals surface area (Å²) in [5.74, 6) is -1.12. The van der Waals surface area contributed by atoms with Gasteiger partial charge < -0.3 is 38.1 Å². The first-order valence-corrected chi connectivity index (χ1v) is 18.6. The van der Waals surface area contributed by atoms with Gasteiger partial charge in [-0.3, -0.25) is 24.0 Å². The number of methoxy groups -OCH3 is 3. The van der Waals surface area contributed by atoms with Crippen LogP contribution in [0.15, 0.2) is 57.7 Å². The number of fused-ring (bicyclic) bond motifs is 6. The van der Waals surface area contributed by atoms with Crippen molar-refractivity contribution in [3.8, 4) is 34.3 Å². The maximum absolute atomic E-state index is 14.9. The fourth-order valence-corrected chi connectivity index (χ4v) is 9.11. The normalized spacial score (nSPS) is 22.7. The van der Waals surface area contributed by atoms with Crippen LogP contribution in [0.2, 0.25) is 5.02 Å². The zero-order valence-electron chi connectivity index (χ0n) is 31.0. The highest BCUT2D eigenvalue weighted by atomic mass is 35.5. The van der Waals surface area contributed by atoms with Crippen molar-refractivity contribution < 1.29 is 42.5 Å². The molecule has 1 aliphatic carbocycles. The fraction of sp³-hybridized carbons (Fsp3) is 0.390. The van der Waals surface area contributed by atoms with Gasteiger partial charge >= 0.3 is 0 Å². The van der Waals surface area contributed by atoms with Crippen molar-refractivity contribution in [2.45, 2.75) is 57.2 Å². The molecule has 8 rings (SSSR count). The van der Waals surface area contributed by atoms with Gasteiger partial charge in [-0.25, -0.2) is 0 Å². The van der Waals surface area contributed by atoms with Crippen molar-refractivity contribution in [1.29, 1.82) is 0 Å². The zero-order valence-corrected chi connectivity index (χ0v) is 31.8. The first kappa shape index (κ1) is 36.4. The van der Waals surface area contributed by atoms with Crippen LogP contribution in [0.3, 0.4) is 0 Å². The van der Waals surface area contributed by atoms with Crippen molar-refractivity contribution in [1.82, 2.24) is 14.8 Å². The Kier molecular flexibility index (Phi) is 9.02. The van der Waals surface area contributed by atoms with Crippen LogP contribution >= 0.6 is 11.6 Å². The van der Waals surface area contributed by atoms with E-state index < -0.39 is 35.0 Å². The summed E-state index contributed by atoms with van der Waals surface area (Å²) in [4.78, 5) is 71.4. The van der Waals surface area contributed by atoms with E-state index in [1.54, 1.807) is 66.8 Å². The van der Waals surface area contributed by atoms with E-state index in [0.717, 1.165) is 12.1 Å². The molecule has 3 aliphatic heterocycles. The molecule has 2 bridgehead atoms. The van der Waals surface area contributed by atoms with Gasteiger partial charge in [0.2, 0.25) is 29.0 Å². The lowest BCUT2D eigenvalue weighted by Gasteiger charge is -2.43. The molecule has 1 fully saturated rings. The molecule has 55 heavy (non-hydrogen) atoms. The number of ketones is 2. The molecule has 286 valence electrons. The van der Waals surface area contributed by atoms with Gasteiger partial charge in [0.15, 0.2) is 5.75 Å². The van der Waals surface area contributed by atoms with E-state index in [-0.39, 0.29) is 80.9 Å². The summed E-state index contributed by atoms with van der Waals surface area (Å²) in [7, 11) is 4.35. The summed E-state index contributed by atoms with van der Waals surface area (Å²) >= 11 is 6.65. The first-order valence-electron chi connectivity index (χ1n) is 18.2. The largest absolute Gasteiger partial charge is 0.497 e. The summed E-state index contributed by atoms with van der Waals surface area (Å²) < 4.78 is 30.8. The van der Waals surface area contributed by atoms with Gasteiger partial charge in [-0.2, -0.15) is 0 Å². The summed E-state index contributed by atoms with van der Waals surface area (Å²) in [5, 5.41) is 2.87. The lowest BCUT2D eigenvalue weighted by Crippen LogP contribution is -2.56. The number of halogens is 1. The molecule has 4 aromatic rings. The standard InChI is InChI=1S/C41H40ClN3O10/c1-20-13-29-33(38(48)41(20)39(49)34-28(52-4)16-30(53-5)35(42)37(34)55-41)26(36(54-29)23-9-11-25(51-3)12-10-23)15-31(46)43-21(2)40(50)44-17-22-14-24(19-44)27-7-6-8-32(47)45(27)18-22/h6-12,16,20-22,24H,13-15,17-19H2,1-5H3,(H,43,46)/t20-,21+,22-,24+,41+/m1/s1. The van der Waals surface area contributed by atoms with Gasteiger partial charge in [-0.05, 0) is 49.6 Å². The molecule has 2 aromatic carbocycles. The van der Waals surface area contributed by atoms with Crippen LogP contribution < -0.4 is 29.8 Å². The number of piperidine rings is 1. The lowest BCUT2D eigenvalue weighted by molar-refractivity contribution is -0.138. The molecular weight excluding hydrogens is 730 g/mol. The summed E-state index contributed by atoms with van der Waals surface area (Å²) in [6.07, 6.45) is 0.671. The molecule has 2 amide bonds. The minimum Gasteiger partial charge on any atom is -0.497 e. The Bertz CT molecular complexity index is 2330. The average Bonchev–Trinajstić information content (AvgIpc) is 3.69. The van der Waals surface area contributed by atoms with Crippen LogP contribution in [0, 0.1) is 11.8 Å². The molecule has 0 unspecified atom stereocenters. The minimum atomic E-state index is -2.02. The molecule has 2 aromatic heterocycles. The number of nitrogens with zero attached hydrogens (tertiary/aromatic N) is 2. The van der Waals surface area contributed by atoms with Crippen LogP contribution in [-0.2, 0) is 29.0 Å². The van der Waals surface area contributed by atoms with Gasteiger partial charge in [0.1, 0.15) is 45.4 Å². The molecule has 1 saturated heterocycles. The molecule has 14 heteroatoms. The number of pyridine rings is 1. The summed E-state index contributed by atoms with van der Waals surface area (Å²) in [6, 6.07) is 12.8. The Labute approximate surface area is 321 Å². The monoisotopic (exact) mass is 769 g/mol. The van der Waals surface area contributed by atoms with E-state index in [1.807, 2.05) is 6.07 Å². The first-order chi connectivity index (χ1) is 26.4. The molecule has 1 N–H and O–H groups in total. The number of Topliss-reactive ketones (excluding diaryl/α,β-unsaturated/α-hetero) is 2. The highest BCUT2D eigenvalue weighted by Crippen LogP contribution is 2.54. The van der Waals surface area contributed by atoms with Crippen LogP contribution in [0.4, 0.5) is 0 Å². The number of ether oxygens (including phenoxy) is 4. The number of likely N-dealkylation sites (tertiary alicyclic amines) is 1. The van der Waals surface area contributed by atoms with Crippen LogP contribution in [0.25, 0.3) is 11.3 Å².